The molecule has 0 bridgehead atoms. The van der Waals surface area contributed by atoms with Gasteiger partial charge in [-0.05, 0) is 66.2 Å². The van der Waals surface area contributed by atoms with E-state index in [0.29, 0.717) is 17.2 Å². The molecule has 0 unspecified atom stereocenters. The van der Waals surface area contributed by atoms with Crippen molar-refractivity contribution < 1.29 is 23.9 Å². The lowest BCUT2D eigenvalue weighted by molar-refractivity contribution is -0.126. The van der Waals surface area contributed by atoms with Gasteiger partial charge < -0.3 is 9.47 Å². The van der Waals surface area contributed by atoms with E-state index in [0.717, 1.165) is 15.7 Å². The van der Waals surface area contributed by atoms with Gasteiger partial charge in [0.15, 0.2) is 6.10 Å². The van der Waals surface area contributed by atoms with E-state index in [1.165, 1.54) is 4.90 Å². The summed E-state index contributed by atoms with van der Waals surface area (Å²) in [6, 6.07) is 21.4. The molecule has 2 saturated heterocycles. The van der Waals surface area contributed by atoms with Crippen molar-refractivity contribution in [2.45, 2.75) is 12.1 Å². The molecule has 2 fully saturated rings. The van der Waals surface area contributed by atoms with Crippen LogP contribution in [0.15, 0.2) is 77.3 Å². The summed E-state index contributed by atoms with van der Waals surface area (Å²) in [5.41, 5.74) is 2.09. The van der Waals surface area contributed by atoms with Crippen molar-refractivity contribution in [2.75, 3.05) is 24.2 Å². The van der Waals surface area contributed by atoms with Gasteiger partial charge in [0.25, 0.3) is 5.91 Å². The van der Waals surface area contributed by atoms with Crippen molar-refractivity contribution in [3.63, 3.8) is 0 Å². The Bertz CT molecular complexity index is 1180. The molecule has 0 aliphatic carbocycles. The highest BCUT2D eigenvalue weighted by Crippen LogP contribution is 2.48. The lowest BCUT2D eigenvalue weighted by Gasteiger charge is -2.29. The highest BCUT2D eigenvalue weighted by Gasteiger charge is 2.60. The van der Waals surface area contributed by atoms with Crippen LogP contribution in [0.25, 0.3) is 0 Å². The third kappa shape index (κ3) is 3.65. The van der Waals surface area contributed by atoms with Gasteiger partial charge in [-0.2, -0.15) is 0 Å². The van der Waals surface area contributed by atoms with Crippen LogP contribution in [0.1, 0.15) is 11.6 Å². The minimum absolute atomic E-state index is 0.288. The molecule has 2 aliphatic rings. The van der Waals surface area contributed by atoms with Gasteiger partial charge in [-0.15, -0.1) is 0 Å². The van der Waals surface area contributed by atoms with E-state index in [9.17, 15) is 9.59 Å². The zero-order chi connectivity index (χ0) is 23.1. The van der Waals surface area contributed by atoms with E-state index in [2.05, 4.69) is 15.9 Å². The zero-order valence-corrected chi connectivity index (χ0v) is 19.6. The van der Waals surface area contributed by atoms with E-state index >= 15 is 0 Å². The molecule has 0 aromatic heterocycles. The monoisotopic (exact) mass is 508 g/mol. The number of hydroxylamine groups is 1. The first-order valence-corrected chi connectivity index (χ1v) is 11.2. The molecule has 168 valence electrons. The summed E-state index contributed by atoms with van der Waals surface area (Å²) in [7, 11) is 3.20. The second kappa shape index (κ2) is 8.53. The molecule has 2 aliphatic heterocycles. The zero-order valence-electron chi connectivity index (χ0n) is 18.0. The Hall–Kier alpha value is -3.36. The lowest BCUT2D eigenvalue weighted by Crippen LogP contribution is -2.37. The fourth-order valence-corrected chi connectivity index (χ4v) is 4.62. The highest BCUT2D eigenvalue weighted by atomic mass is 79.9. The normalized spacial score (nSPS) is 22.0. The number of amides is 2. The Balaban J connectivity index is 1.56. The molecule has 2 heterocycles. The molecular formula is C25H21BrN2O5. The van der Waals surface area contributed by atoms with Crippen molar-refractivity contribution in [3.8, 4) is 11.5 Å². The average molecular weight is 509 g/mol. The smallest absolute Gasteiger partial charge is 0.266 e. The standard InChI is InChI=1S/C25H21BrN2O5/c1-31-19-11-3-15(4-12-19)22-21-23(33-28(22)18-9-13-20(32-2)14-10-18)25(30)27(24(21)29)17-7-5-16(26)6-8-17/h3-14,21-23H,1-2H3/t21-,22-,23-/m0/s1. The minimum Gasteiger partial charge on any atom is -0.497 e. The maximum atomic E-state index is 13.6. The molecule has 0 radical (unpaired) electrons. The summed E-state index contributed by atoms with van der Waals surface area (Å²) in [5.74, 6) is 0.0471. The van der Waals surface area contributed by atoms with Crippen molar-refractivity contribution in [1.29, 1.82) is 0 Å². The number of imide groups is 1. The van der Waals surface area contributed by atoms with Crippen LogP contribution in [0.5, 0.6) is 11.5 Å². The molecule has 3 aromatic rings. The number of fused-ring (bicyclic) bond motifs is 1. The Morgan fingerprint density at radius 2 is 1.30 bits per heavy atom. The summed E-state index contributed by atoms with van der Waals surface area (Å²) < 4.78 is 11.4. The van der Waals surface area contributed by atoms with Crippen LogP contribution in [-0.4, -0.2) is 32.1 Å². The van der Waals surface area contributed by atoms with Crippen LogP contribution >= 0.6 is 15.9 Å². The summed E-state index contributed by atoms with van der Waals surface area (Å²) in [4.78, 5) is 34.3. The maximum Gasteiger partial charge on any atom is 0.266 e. The van der Waals surface area contributed by atoms with Crippen LogP contribution in [-0.2, 0) is 14.4 Å². The molecule has 0 saturated carbocycles. The largest absolute Gasteiger partial charge is 0.497 e. The number of anilines is 2. The van der Waals surface area contributed by atoms with Gasteiger partial charge in [-0.3, -0.25) is 14.4 Å². The average Bonchev–Trinajstić information content (AvgIpc) is 3.36. The first-order chi connectivity index (χ1) is 16.0. The summed E-state index contributed by atoms with van der Waals surface area (Å²) in [6.07, 6.45) is -0.921. The number of nitrogens with zero attached hydrogens (tertiary/aromatic N) is 2. The topological polar surface area (TPSA) is 68.3 Å². The number of ether oxygens (including phenoxy) is 2. The number of benzene rings is 3. The van der Waals surface area contributed by atoms with E-state index in [1.807, 2.05) is 48.5 Å². The summed E-state index contributed by atoms with van der Waals surface area (Å²) in [5, 5.41) is 1.66. The van der Waals surface area contributed by atoms with Gasteiger partial charge in [0, 0.05) is 4.47 Å². The van der Waals surface area contributed by atoms with Crippen LogP contribution in [0.2, 0.25) is 0 Å². The van der Waals surface area contributed by atoms with Crippen LogP contribution in [0, 0.1) is 5.92 Å². The number of carbonyl (C=O) groups is 2. The predicted octanol–water partition coefficient (Wildman–Crippen LogP) is 4.52. The fraction of sp³-hybridized carbons (Fsp3) is 0.200. The Kier molecular flexibility index (Phi) is 5.55. The fourth-order valence-electron chi connectivity index (χ4n) is 4.35. The Morgan fingerprint density at radius 3 is 1.88 bits per heavy atom. The lowest BCUT2D eigenvalue weighted by atomic mass is 9.90. The van der Waals surface area contributed by atoms with Crippen LogP contribution in [0.4, 0.5) is 11.4 Å². The number of hydrogen-bond donors (Lipinski definition) is 0. The van der Waals surface area contributed by atoms with Crippen molar-refractivity contribution >= 4 is 39.1 Å². The number of rotatable bonds is 5. The summed E-state index contributed by atoms with van der Waals surface area (Å²) >= 11 is 3.39. The predicted molar refractivity (Wildman–Crippen MR) is 126 cm³/mol. The highest BCUT2D eigenvalue weighted by molar-refractivity contribution is 9.10. The SMILES string of the molecule is COc1ccc([C@H]2[C@@H]3C(=O)N(c4ccc(Br)cc4)C(=O)[C@H]3ON2c2ccc(OC)cc2)cc1. The molecule has 0 spiro atoms. The van der Waals surface area contributed by atoms with E-state index in [4.69, 9.17) is 14.3 Å². The van der Waals surface area contributed by atoms with Crippen LogP contribution in [0.3, 0.4) is 0 Å². The van der Waals surface area contributed by atoms with E-state index < -0.39 is 18.1 Å². The van der Waals surface area contributed by atoms with E-state index in [1.54, 1.807) is 43.5 Å². The molecule has 2 amide bonds. The van der Waals surface area contributed by atoms with Gasteiger partial charge in [0.1, 0.15) is 17.4 Å². The number of methoxy groups -OCH3 is 2. The number of carbonyl (C=O) groups excluding carboxylic acids is 2. The Morgan fingerprint density at radius 1 is 0.758 bits per heavy atom. The van der Waals surface area contributed by atoms with Crippen molar-refractivity contribution in [2.24, 2.45) is 5.92 Å². The molecule has 3 aromatic carbocycles. The molecular weight excluding hydrogens is 488 g/mol. The first kappa shape index (κ1) is 21.5. The van der Waals surface area contributed by atoms with Gasteiger partial charge in [-0.1, -0.05) is 28.1 Å². The quantitative estimate of drug-likeness (QED) is 0.472. The van der Waals surface area contributed by atoms with Crippen LogP contribution < -0.4 is 19.4 Å². The summed E-state index contributed by atoms with van der Waals surface area (Å²) in [6.45, 7) is 0. The number of halogens is 1. The van der Waals surface area contributed by atoms with Crippen molar-refractivity contribution in [3.05, 3.63) is 82.8 Å². The maximum absolute atomic E-state index is 13.6. The third-order valence-corrected chi connectivity index (χ3v) is 6.51. The number of hydrogen-bond acceptors (Lipinski definition) is 6. The van der Waals surface area contributed by atoms with Crippen molar-refractivity contribution in [1.82, 2.24) is 0 Å². The van der Waals surface area contributed by atoms with Gasteiger partial charge in [-0.25, -0.2) is 9.96 Å². The van der Waals surface area contributed by atoms with E-state index in [-0.39, 0.29) is 11.8 Å². The second-order valence-corrected chi connectivity index (χ2v) is 8.70. The van der Waals surface area contributed by atoms with Gasteiger partial charge in [0.05, 0.1) is 31.6 Å². The molecule has 0 N–H and O–H groups in total. The van der Waals surface area contributed by atoms with Gasteiger partial charge >= 0.3 is 0 Å². The molecule has 5 rings (SSSR count). The molecule has 8 heteroatoms. The second-order valence-electron chi connectivity index (χ2n) is 7.78. The Labute approximate surface area is 199 Å². The van der Waals surface area contributed by atoms with Gasteiger partial charge in [0.2, 0.25) is 5.91 Å². The molecule has 33 heavy (non-hydrogen) atoms. The minimum atomic E-state index is -0.921. The third-order valence-electron chi connectivity index (χ3n) is 5.98. The molecule has 3 atom stereocenters. The molecule has 7 nitrogen and oxygen atoms in total. The first-order valence-electron chi connectivity index (χ1n) is 10.4.